The maximum absolute atomic E-state index is 12.0. The number of likely N-dealkylation sites (tertiary alicyclic amines) is 2. The fourth-order valence-electron chi connectivity index (χ4n) is 4.29. The molecule has 6 heteroatoms. The first-order valence-corrected chi connectivity index (χ1v) is 9.57. The first-order chi connectivity index (χ1) is 11.7. The third-order valence-corrected chi connectivity index (χ3v) is 5.65. The second-order valence-electron chi connectivity index (χ2n) is 7.29. The summed E-state index contributed by atoms with van der Waals surface area (Å²) in [6.07, 6.45) is 8.14. The molecule has 0 radical (unpaired) electrons. The van der Waals surface area contributed by atoms with Gasteiger partial charge in [0.05, 0.1) is 6.54 Å². The fourth-order valence-corrected chi connectivity index (χ4v) is 4.29. The summed E-state index contributed by atoms with van der Waals surface area (Å²) in [7, 11) is 0. The van der Waals surface area contributed by atoms with Crippen LogP contribution in [0.1, 0.15) is 64.0 Å². The molecule has 0 aromatic carbocycles. The SMILES string of the molecule is CCc1n[nH]c(CN2CCC(C3CCCCCN3C(C)=O)CC2)n1. The first-order valence-electron chi connectivity index (χ1n) is 9.57. The van der Waals surface area contributed by atoms with Crippen LogP contribution in [0.4, 0.5) is 0 Å². The van der Waals surface area contributed by atoms with E-state index in [2.05, 4.69) is 31.9 Å². The Morgan fingerprint density at radius 3 is 2.62 bits per heavy atom. The summed E-state index contributed by atoms with van der Waals surface area (Å²) in [4.78, 5) is 21.2. The highest BCUT2D eigenvalue weighted by molar-refractivity contribution is 5.73. The van der Waals surface area contributed by atoms with Crippen LogP contribution >= 0.6 is 0 Å². The molecule has 0 aliphatic carbocycles. The molecule has 0 spiro atoms. The molecule has 0 bridgehead atoms. The highest BCUT2D eigenvalue weighted by atomic mass is 16.2. The van der Waals surface area contributed by atoms with Gasteiger partial charge in [-0.15, -0.1) is 0 Å². The largest absolute Gasteiger partial charge is 0.340 e. The lowest BCUT2D eigenvalue weighted by molar-refractivity contribution is -0.132. The van der Waals surface area contributed by atoms with Crippen LogP contribution in [-0.2, 0) is 17.8 Å². The number of rotatable bonds is 4. The van der Waals surface area contributed by atoms with Crippen molar-refractivity contribution >= 4 is 5.91 Å². The number of piperidine rings is 1. The van der Waals surface area contributed by atoms with Crippen LogP contribution in [0, 0.1) is 5.92 Å². The third kappa shape index (κ3) is 4.15. The number of nitrogens with zero attached hydrogens (tertiary/aromatic N) is 4. The molecule has 3 heterocycles. The van der Waals surface area contributed by atoms with E-state index < -0.39 is 0 Å². The van der Waals surface area contributed by atoms with Crippen LogP contribution in [0.2, 0.25) is 0 Å². The highest BCUT2D eigenvalue weighted by Crippen LogP contribution is 2.30. The Kier molecular flexibility index (Phi) is 5.87. The normalized spacial score (nSPS) is 24.1. The third-order valence-electron chi connectivity index (χ3n) is 5.65. The summed E-state index contributed by atoms with van der Waals surface area (Å²) >= 11 is 0. The molecular weight excluding hydrogens is 302 g/mol. The van der Waals surface area contributed by atoms with E-state index in [9.17, 15) is 4.79 Å². The molecule has 24 heavy (non-hydrogen) atoms. The van der Waals surface area contributed by atoms with Crippen molar-refractivity contribution < 1.29 is 4.79 Å². The average molecular weight is 333 g/mol. The molecule has 2 aliphatic rings. The molecule has 1 amide bonds. The van der Waals surface area contributed by atoms with Gasteiger partial charge in [-0.1, -0.05) is 19.8 Å². The van der Waals surface area contributed by atoms with E-state index in [0.717, 1.165) is 44.2 Å². The zero-order chi connectivity index (χ0) is 16.9. The van der Waals surface area contributed by atoms with Gasteiger partial charge in [0.15, 0.2) is 0 Å². The Morgan fingerprint density at radius 2 is 1.96 bits per heavy atom. The minimum absolute atomic E-state index is 0.262. The number of amides is 1. The van der Waals surface area contributed by atoms with Gasteiger partial charge in [-0.05, 0) is 44.7 Å². The number of aromatic amines is 1. The molecule has 3 rings (SSSR count). The van der Waals surface area contributed by atoms with Crippen LogP contribution in [0.3, 0.4) is 0 Å². The summed E-state index contributed by atoms with van der Waals surface area (Å²) in [5.41, 5.74) is 0. The predicted molar refractivity (Wildman–Crippen MR) is 93.4 cm³/mol. The molecule has 134 valence electrons. The predicted octanol–water partition coefficient (Wildman–Crippen LogP) is 2.37. The smallest absolute Gasteiger partial charge is 0.219 e. The monoisotopic (exact) mass is 333 g/mol. The van der Waals surface area contributed by atoms with E-state index in [1.165, 1.54) is 38.5 Å². The number of aryl methyl sites for hydroxylation is 1. The van der Waals surface area contributed by atoms with Crippen molar-refractivity contribution in [2.45, 2.75) is 71.4 Å². The second-order valence-corrected chi connectivity index (χ2v) is 7.29. The van der Waals surface area contributed by atoms with Crippen molar-refractivity contribution in [2.24, 2.45) is 5.92 Å². The van der Waals surface area contributed by atoms with E-state index >= 15 is 0 Å². The maximum Gasteiger partial charge on any atom is 0.219 e. The van der Waals surface area contributed by atoms with Gasteiger partial charge in [-0.2, -0.15) is 5.10 Å². The average Bonchev–Trinajstić information content (AvgIpc) is 2.89. The minimum atomic E-state index is 0.262. The molecule has 2 aliphatic heterocycles. The number of nitrogens with one attached hydrogen (secondary N) is 1. The Bertz CT molecular complexity index is 535. The number of aromatic nitrogens is 3. The van der Waals surface area contributed by atoms with Crippen molar-refractivity contribution in [1.29, 1.82) is 0 Å². The highest BCUT2D eigenvalue weighted by Gasteiger charge is 2.32. The number of carbonyl (C=O) groups is 1. The molecule has 0 saturated carbocycles. The van der Waals surface area contributed by atoms with Crippen LogP contribution in [0.25, 0.3) is 0 Å². The molecule has 1 aromatic heterocycles. The van der Waals surface area contributed by atoms with Crippen molar-refractivity contribution in [1.82, 2.24) is 25.0 Å². The number of H-pyrrole nitrogens is 1. The Hall–Kier alpha value is -1.43. The van der Waals surface area contributed by atoms with Gasteiger partial charge >= 0.3 is 0 Å². The van der Waals surface area contributed by atoms with Gasteiger partial charge < -0.3 is 4.90 Å². The Labute approximate surface area is 145 Å². The van der Waals surface area contributed by atoms with Crippen LogP contribution in [0.5, 0.6) is 0 Å². The summed E-state index contributed by atoms with van der Waals surface area (Å²) in [5, 5.41) is 7.27. The molecule has 1 aromatic rings. The zero-order valence-electron chi connectivity index (χ0n) is 15.1. The summed E-state index contributed by atoms with van der Waals surface area (Å²) in [6.45, 7) is 7.82. The quantitative estimate of drug-likeness (QED) is 0.919. The van der Waals surface area contributed by atoms with E-state index in [-0.39, 0.29) is 5.91 Å². The first kappa shape index (κ1) is 17.4. The molecular formula is C18H31N5O. The summed E-state index contributed by atoms with van der Waals surface area (Å²) in [5.74, 6) is 2.79. The molecule has 6 nitrogen and oxygen atoms in total. The maximum atomic E-state index is 12.0. The van der Waals surface area contributed by atoms with Crippen LogP contribution in [0.15, 0.2) is 0 Å². The lowest BCUT2D eigenvalue weighted by atomic mass is 9.86. The van der Waals surface area contributed by atoms with E-state index in [1.807, 2.05) is 0 Å². The zero-order valence-corrected chi connectivity index (χ0v) is 15.1. The number of carbonyl (C=O) groups excluding carboxylic acids is 1. The lowest BCUT2D eigenvalue weighted by Crippen LogP contribution is -2.47. The molecule has 1 unspecified atom stereocenters. The summed E-state index contributed by atoms with van der Waals surface area (Å²) in [6, 6.07) is 0.462. The Balaban J connectivity index is 1.54. The Morgan fingerprint density at radius 1 is 1.17 bits per heavy atom. The van der Waals surface area contributed by atoms with Crippen molar-refractivity contribution in [2.75, 3.05) is 19.6 Å². The topological polar surface area (TPSA) is 65.1 Å². The van der Waals surface area contributed by atoms with Gasteiger partial charge in [-0.25, -0.2) is 4.98 Å². The van der Waals surface area contributed by atoms with Gasteiger partial charge in [0.1, 0.15) is 11.6 Å². The number of hydrogen-bond acceptors (Lipinski definition) is 4. The molecule has 1 atom stereocenters. The van der Waals surface area contributed by atoms with Gasteiger partial charge in [0.2, 0.25) is 5.91 Å². The van der Waals surface area contributed by atoms with Crippen molar-refractivity contribution in [3.05, 3.63) is 11.6 Å². The van der Waals surface area contributed by atoms with E-state index in [1.54, 1.807) is 6.92 Å². The molecule has 2 fully saturated rings. The van der Waals surface area contributed by atoms with Crippen molar-refractivity contribution in [3.8, 4) is 0 Å². The van der Waals surface area contributed by atoms with Crippen LogP contribution < -0.4 is 0 Å². The van der Waals surface area contributed by atoms with Gasteiger partial charge in [0, 0.05) is 25.9 Å². The molecule has 2 saturated heterocycles. The fraction of sp³-hybridized carbons (Fsp3) is 0.833. The van der Waals surface area contributed by atoms with Gasteiger partial charge in [-0.3, -0.25) is 14.8 Å². The van der Waals surface area contributed by atoms with E-state index in [0.29, 0.717) is 12.0 Å². The van der Waals surface area contributed by atoms with Crippen LogP contribution in [-0.4, -0.2) is 56.6 Å². The number of hydrogen-bond donors (Lipinski definition) is 1. The van der Waals surface area contributed by atoms with Crippen molar-refractivity contribution in [3.63, 3.8) is 0 Å². The van der Waals surface area contributed by atoms with E-state index in [4.69, 9.17) is 0 Å². The standard InChI is InChI=1S/C18H31N5O/c1-3-17-19-18(21-20-17)13-22-11-8-15(9-12-22)16-7-5-4-6-10-23(16)14(2)24/h15-16H,3-13H2,1-2H3,(H,19,20,21). The minimum Gasteiger partial charge on any atom is -0.340 e. The molecule has 1 N–H and O–H groups in total. The summed E-state index contributed by atoms with van der Waals surface area (Å²) < 4.78 is 0. The lowest BCUT2D eigenvalue weighted by Gasteiger charge is -2.40. The second kappa shape index (κ2) is 8.10. The van der Waals surface area contributed by atoms with Gasteiger partial charge in [0.25, 0.3) is 0 Å².